The monoisotopic (exact) mass is 310 g/mol. The number of likely N-dealkylation sites (N-methyl/N-ethyl adjacent to an activating group) is 1. The number of amides is 2. The molecule has 1 atom stereocenters. The van der Waals surface area contributed by atoms with Crippen LogP contribution in [0.5, 0.6) is 0 Å². The van der Waals surface area contributed by atoms with Crippen molar-refractivity contribution < 1.29 is 19.5 Å². The number of thiophene rings is 1. The molecule has 0 aliphatic carbocycles. The van der Waals surface area contributed by atoms with Gasteiger partial charge in [-0.2, -0.15) is 0 Å². The van der Waals surface area contributed by atoms with Gasteiger partial charge in [0.05, 0.1) is 17.3 Å². The van der Waals surface area contributed by atoms with Gasteiger partial charge in [0.1, 0.15) is 0 Å². The van der Waals surface area contributed by atoms with Crippen molar-refractivity contribution in [1.29, 1.82) is 0 Å². The molecule has 0 radical (unpaired) electrons. The molecule has 1 aromatic heterocycles. The second kappa shape index (κ2) is 6.71. The first-order valence-corrected chi connectivity index (χ1v) is 7.66. The Kier molecular flexibility index (Phi) is 4.95. The average Bonchev–Trinajstić information content (AvgIpc) is 3.00. The molecule has 114 valence electrons. The normalized spacial score (nSPS) is 18.3. The molecule has 21 heavy (non-hydrogen) atoms. The highest BCUT2D eigenvalue weighted by molar-refractivity contribution is 7.12. The first-order valence-electron chi connectivity index (χ1n) is 6.78. The number of likely N-dealkylation sites (tertiary alicyclic amines) is 1. The van der Waals surface area contributed by atoms with Crippen LogP contribution in [0.4, 0.5) is 0 Å². The zero-order chi connectivity index (χ0) is 15.4. The second-order valence-electron chi connectivity index (χ2n) is 5.16. The fourth-order valence-corrected chi connectivity index (χ4v) is 3.09. The zero-order valence-corrected chi connectivity index (χ0v) is 12.6. The molecule has 0 spiro atoms. The van der Waals surface area contributed by atoms with E-state index in [1.165, 1.54) is 16.2 Å². The Labute approximate surface area is 127 Å². The molecule has 1 saturated heterocycles. The highest BCUT2D eigenvalue weighted by atomic mass is 32.1. The number of rotatable bonds is 4. The molecule has 2 rings (SSSR count). The van der Waals surface area contributed by atoms with E-state index in [2.05, 4.69) is 0 Å². The van der Waals surface area contributed by atoms with Gasteiger partial charge in [0.25, 0.3) is 5.91 Å². The maximum absolute atomic E-state index is 12.2. The molecule has 0 saturated carbocycles. The van der Waals surface area contributed by atoms with Gasteiger partial charge in [0.2, 0.25) is 5.91 Å². The second-order valence-corrected chi connectivity index (χ2v) is 6.10. The topological polar surface area (TPSA) is 77.9 Å². The third-order valence-corrected chi connectivity index (χ3v) is 4.43. The third kappa shape index (κ3) is 3.81. The van der Waals surface area contributed by atoms with Crippen LogP contribution in [0.15, 0.2) is 17.5 Å². The molecule has 0 bridgehead atoms. The number of carboxylic acids is 1. The molecular weight excluding hydrogens is 292 g/mol. The van der Waals surface area contributed by atoms with E-state index in [1.54, 1.807) is 24.1 Å². The minimum absolute atomic E-state index is 0.0247. The zero-order valence-electron chi connectivity index (χ0n) is 11.8. The molecule has 2 amide bonds. The molecule has 6 nitrogen and oxygen atoms in total. The Morgan fingerprint density at radius 3 is 2.86 bits per heavy atom. The third-order valence-electron chi connectivity index (χ3n) is 3.57. The molecule has 7 heteroatoms. The van der Waals surface area contributed by atoms with Gasteiger partial charge in [-0.05, 0) is 24.3 Å². The SMILES string of the molecule is CN(CC(=O)N1CCC[C@H](C(=O)O)C1)C(=O)c1cccs1. The Hall–Kier alpha value is -1.89. The average molecular weight is 310 g/mol. The molecule has 1 N–H and O–H groups in total. The summed E-state index contributed by atoms with van der Waals surface area (Å²) in [6.07, 6.45) is 1.29. The predicted octanol–water partition coefficient (Wildman–Crippen LogP) is 1.14. The summed E-state index contributed by atoms with van der Waals surface area (Å²) in [5.41, 5.74) is 0. The maximum Gasteiger partial charge on any atom is 0.308 e. The molecule has 0 aromatic carbocycles. The lowest BCUT2D eigenvalue weighted by Crippen LogP contribution is -2.46. The number of nitrogens with zero attached hydrogens (tertiary/aromatic N) is 2. The minimum Gasteiger partial charge on any atom is -0.481 e. The molecule has 1 aliphatic heterocycles. The molecular formula is C14H18N2O4S. The van der Waals surface area contributed by atoms with Crippen molar-refractivity contribution in [3.63, 3.8) is 0 Å². The molecule has 2 heterocycles. The van der Waals surface area contributed by atoms with Crippen LogP contribution in [-0.4, -0.2) is 59.4 Å². The lowest BCUT2D eigenvalue weighted by Gasteiger charge is -2.31. The van der Waals surface area contributed by atoms with Crippen LogP contribution >= 0.6 is 11.3 Å². The van der Waals surface area contributed by atoms with Gasteiger partial charge < -0.3 is 14.9 Å². The van der Waals surface area contributed by atoms with Crippen molar-refractivity contribution >= 4 is 29.1 Å². The summed E-state index contributed by atoms with van der Waals surface area (Å²) in [7, 11) is 1.58. The molecule has 1 aromatic rings. The number of hydrogen-bond acceptors (Lipinski definition) is 4. The molecule has 1 fully saturated rings. The highest BCUT2D eigenvalue weighted by Crippen LogP contribution is 2.17. The lowest BCUT2D eigenvalue weighted by molar-refractivity contribution is -0.145. The van der Waals surface area contributed by atoms with Gasteiger partial charge in [0.15, 0.2) is 0 Å². The summed E-state index contributed by atoms with van der Waals surface area (Å²) < 4.78 is 0. The summed E-state index contributed by atoms with van der Waals surface area (Å²) in [6, 6.07) is 3.50. The van der Waals surface area contributed by atoms with E-state index >= 15 is 0 Å². The van der Waals surface area contributed by atoms with Crippen molar-refractivity contribution in [2.75, 3.05) is 26.7 Å². The van der Waals surface area contributed by atoms with Crippen LogP contribution in [0.1, 0.15) is 22.5 Å². The van der Waals surface area contributed by atoms with Crippen molar-refractivity contribution in [2.24, 2.45) is 5.92 Å². The van der Waals surface area contributed by atoms with Crippen LogP contribution in [0.2, 0.25) is 0 Å². The summed E-state index contributed by atoms with van der Waals surface area (Å²) >= 11 is 1.33. The van der Waals surface area contributed by atoms with Gasteiger partial charge in [0, 0.05) is 20.1 Å². The van der Waals surface area contributed by atoms with Gasteiger partial charge in [-0.1, -0.05) is 6.07 Å². The smallest absolute Gasteiger partial charge is 0.308 e. The van der Waals surface area contributed by atoms with Crippen LogP contribution in [0.3, 0.4) is 0 Å². The number of carboxylic acid groups (broad SMARTS) is 1. The van der Waals surface area contributed by atoms with E-state index in [1.807, 2.05) is 5.38 Å². The standard InChI is InChI=1S/C14H18N2O4S/c1-15(13(18)11-5-3-7-21-11)9-12(17)16-6-2-4-10(8-16)14(19)20/h3,5,7,10H,2,4,6,8-9H2,1H3,(H,19,20)/t10-/m0/s1. The highest BCUT2D eigenvalue weighted by Gasteiger charge is 2.29. The van der Waals surface area contributed by atoms with Crippen LogP contribution in [-0.2, 0) is 9.59 Å². The fourth-order valence-electron chi connectivity index (χ4n) is 2.37. The number of piperidine rings is 1. The first kappa shape index (κ1) is 15.5. The van der Waals surface area contributed by atoms with E-state index < -0.39 is 11.9 Å². The van der Waals surface area contributed by atoms with Gasteiger partial charge in [-0.25, -0.2) is 0 Å². The predicted molar refractivity (Wildman–Crippen MR) is 78.2 cm³/mol. The van der Waals surface area contributed by atoms with Crippen LogP contribution in [0, 0.1) is 5.92 Å². The maximum atomic E-state index is 12.2. The summed E-state index contributed by atoms with van der Waals surface area (Å²) in [6.45, 7) is 0.766. The van der Waals surface area contributed by atoms with Crippen molar-refractivity contribution in [1.82, 2.24) is 9.80 Å². The van der Waals surface area contributed by atoms with Crippen molar-refractivity contribution in [2.45, 2.75) is 12.8 Å². The van der Waals surface area contributed by atoms with E-state index in [0.717, 1.165) is 0 Å². The number of carbonyl (C=O) groups is 3. The summed E-state index contributed by atoms with van der Waals surface area (Å²) in [5.74, 6) is -1.75. The van der Waals surface area contributed by atoms with E-state index in [-0.39, 0.29) is 24.9 Å². The first-order chi connectivity index (χ1) is 9.99. The number of hydrogen-bond donors (Lipinski definition) is 1. The largest absolute Gasteiger partial charge is 0.481 e. The van der Waals surface area contributed by atoms with Crippen LogP contribution in [0.25, 0.3) is 0 Å². The summed E-state index contributed by atoms with van der Waals surface area (Å²) in [4.78, 5) is 38.8. The Balaban J connectivity index is 1.91. The summed E-state index contributed by atoms with van der Waals surface area (Å²) in [5, 5.41) is 10.8. The van der Waals surface area contributed by atoms with E-state index in [4.69, 9.17) is 5.11 Å². The lowest BCUT2D eigenvalue weighted by atomic mass is 9.98. The van der Waals surface area contributed by atoms with Crippen molar-refractivity contribution in [3.05, 3.63) is 22.4 Å². The molecule has 0 unspecified atom stereocenters. The Bertz CT molecular complexity index is 529. The minimum atomic E-state index is -0.865. The van der Waals surface area contributed by atoms with Gasteiger partial charge >= 0.3 is 5.97 Å². The van der Waals surface area contributed by atoms with Crippen LogP contribution < -0.4 is 0 Å². The van der Waals surface area contributed by atoms with Gasteiger partial charge in [-0.3, -0.25) is 14.4 Å². The fraction of sp³-hybridized carbons (Fsp3) is 0.500. The quantitative estimate of drug-likeness (QED) is 0.904. The van der Waals surface area contributed by atoms with Gasteiger partial charge in [-0.15, -0.1) is 11.3 Å². The number of carbonyl (C=O) groups excluding carboxylic acids is 2. The molecule has 1 aliphatic rings. The Morgan fingerprint density at radius 1 is 1.48 bits per heavy atom. The Morgan fingerprint density at radius 2 is 2.24 bits per heavy atom. The number of aliphatic carboxylic acids is 1. The van der Waals surface area contributed by atoms with Crippen molar-refractivity contribution in [3.8, 4) is 0 Å². The van der Waals surface area contributed by atoms with E-state index in [9.17, 15) is 14.4 Å². The van der Waals surface area contributed by atoms with E-state index in [0.29, 0.717) is 24.3 Å².